The Kier molecular flexibility index (Phi) is 5.09. The SMILES string of the molecule is COCC(N)C(=O)Nc1ccc(NC(N)=O)cc1. The van der Waals surface area contributed by atoms with Gasteiger partial charge in [-0.05, 0) is 24.3 Å². The van der Waals surface area contributed by atoms with Crippen molar-refractivity contribution in [1.29, 1.82) is 0 Å². The molecule has 0 heterocycles. The topological polar surface area (TPSA) is 119 Å². The Morgan fingerprint density at radius 2 is 1.72 bits per heavy atom. The van der Waals surface area contributed by atoms with Gasteiger partial charge in [-0.1, -0.05) is 0 Å². The predicted molar refractivity (Wildman–Crippen MR) is 68.1 cm³/mol. The highest BCUT2D eigenvalue weighted by molar-refractivity contribution is 5.95. The van der Waals surface area contributed by atoms with Gasteiger partial charge in [-0.15, -0.1) is 0 Å². The van der Waals surface area contributed by atoms with Crippen LogP contribution in [0, 0.1) is 0 Å². The zero-order valence-corrected chi connectivity index (χ0v) is 9.97. The number of benzene rings is 1. The van der Waals surface area contributed by atoms with Gasteiger partial charge in [-0.3, -0.25) is 4.79 Å². The van der Waals surface area contributed by atoms with E-state index in [0.29, 0.717) is 11.4 Å². The van der Waals surface area contributed by atoms with Crippen LogP contribution < -0.4 is 22.1 Å². The molecule has 0 saturated carbocycles. The van der Waals surface area contributed by atoms with Crippen LogP contribution in [0.3, 0.4) is 0 Å². The Hall–Kier alpha value is -2.12. The molecule has 0 spiro atoms. The normalized spacial score (nSPS) is 11.7. The molecule has 6 N–H and O–H groups in total. The van der Waals surface area contributed by atoms with Crippen LogP contribution in [0.25, 0.3) is 0 Å². The average Bonchev–Trinajstić information content (AvgIpc) is 2.31. The Morgan fingerprint density at radius 3 is 2.17 bits per heavy atom. The summed E-state index contributed by atoms with van der Waals surface area (Å²) in [6.45, 7) is 0.146. The molecule has 0 radical (unpaired) electrons. The van der Waals surface area contributed by atoms with Crippen molar-refractivity contribution in [2.75, 3.05) is 24.4 Å². The molecule has 18 heavy (non-hydrogen) atoms. The van der Waals surface area contributed by atoms with Crippen LogP contribution in [-0.4, -0.2) is 31.7 Å². The molecule has 0 saturated heterocycles. The van der Waals surface area contributed by atoms with Gasteiger partial charge in [0.05, 0.1) is 6.61 Å². The number of nitrogens with two attached hydrogens (primary N) is 2. The molecule has 1 unspecified atom stereocenters. The maximum absolute atomic E-state index is 11.6. The largest absolute Gasteiger partial charge is 0.383 e. The summed E-state index contributed by atoms with van der Waals surface area (Å²) in [5, 5.41) is 5.03. The number of nitrogens with one attached hydrogen (secondary N) is 2. The molecule has 0 aromatic heterocycles. The molecule has 7 heteroatoms. The van der Waals surface area contributed by atoms with E-state index in [1.54, 1.807) is 24.3 Å². The quantitative estimate of drug-likeness (QED) is 0.593. The minimum atomic E-state index is -0.724. The molecule has 1 aromatic rings. The van der Waals surface area contributed by atoms with Crippen molar-refractivity contribution in [2.45, 2.75) is 6.04 Å². The minimum absolute atomic E-state index is 0.146. The first-order chi connectivity index (χ1) is 8.52. The van der Waals surface area contributed by atoms with Gasteiger partial charge in [0.1, 0.15) is 6.04 Å². The van der Waals surface area contributed by atoms with Crippen molar-refractivity contribution >= 4 is 23.3 Å². The summed E-state index contributed by atoms with van der Waals surface area (Å²) >= 11 is 0. The summed E-state index contributed by atoms with van der Waals surface area (Å²) in [6.07, 6.45) is 0. The molecule has 3 amide bonds. The molecule has 98 valence electrons. The Morgan fingerprint density at radius 1 is 1.22 bits per heavy atom. The van der Waals surface area contributed by atoms with E-state index in [-0.39, 0.29) is 12.5 Å². The number of ether oxygens (including phenoxy) is 1. The fourth-order valence-corrected chi connectivity index (χ4v) is 1.27. The van der Waals surface area contributed by atoms with E-state index >= 15 is 0 Å². The fraction of sp³-hybridized carbons (Fsp3) is 0.273. The van der Waals surface area contributed by atoms with E-state index in [1.807, 2.05) is 0 Å². The maximum Gasteiger partial charge on any atom is 0.316 e. The lowest BCUT2D eigenvalue weighted by atomic mass is 10.2. The monoisotopic (exact) mass is 252 g/mol. The van der Waals surface area contributed by atoms with Crippen molar-refractivity contribution in [3.8, 4) is 0 Å². The zero-order chi connectivity index (χ0) is 13.5. The van der Waals surface area contributed by atoms with E-state index in [2.05, 4.69) is 10.6 Å². The molecule has 1 rings (SSSR count). The van der Waals surface area contributed by atoms with Crippen molar-refractivity contribution in [2.24, 2.45) is 11.5 Å². The standard InChI is InChI=1S/C11H16N4O3/c1-18-6-9(12)10(16)14-7-2-4-8(5-3-7)15-11(13)17/h2-5,9H,6,12H2,1H3,(H,14,16)(H3,13,15,17). The van der Waals surface area contributed by atoms with E-state index < -0.39 is 12.1 Å². The van der Waals surface area contributed by atoms with E-state index in [0.717, 1.165) is 0 Å². The van der Waals surface area contributed by atoms with Crippen molar-refractivity contribution < 1.29 is 14.3 Å². The van der Waals surface area contributed by atoms with Crippen molar-refractivity contribution in [1.82, 2.24) is 0 Å². The molecule has 0 bridgehead atoms. The second kappa shape index (κ2) is 6.58. The zero-order valence-electron chi connectivity index (χ0n) is 9.97. The highest BCUT2D eigenvalue weighted by atomic mass is 16.5. The third-order valence-corrected chi connectivity index (χ3v) is 2.10. The van der Waals surface area contributed by atoms with E-state index in [9.17, 15) is 9.59 Å². The smallest absolute Gasteiger partial charge is 0.316 e. The van der Waals surface area contributed by atoms with E-state index in [1.165, 1.54) is 7.11 Å². The number of hydrogen-bond donors (Lipinski definition) is 4. The van der Waals surface area contributed by atoms with Crippen LogP contribution >= 0.6 is 0 Å². The van der Waals surface area contributed by atoms with Crippen molar-refractivity contribution in [3.63, 3.8) is 0 Å². The third-order valence-electron chi connectivity index (χ3n) is 2.10. The first-order valence-corrected chi connectivity index (χ1v) is 5.25. The first-order valence-electron chi connectivity index (χ1n) is 5.25. The molecule has 0 aliphatic heterocycles. The molecular weight excluding hydrogens is 236 g/mol. The van der Waals surface area contributed by atoms with Gasteiger partial charge in [0, 0.05) is 18.5 Å². The van der Waals surface area contributed by atoms with Crippen LogP contribution in [-0.2, 0) is 9.53 Å². The number of methoxy groups -OCH3 is 1. The highest BCUT2D eigenvalue weighted by Gasteiger charge is 2.12. The molecule has 0 aliphatic carbocycles. The molecule has 1 atom stereocenters. The van der Waals surface area contributed by atoms with Crippen LogP contribution in [0.5, 0.6) is 0 Å². The fourth-order valence-electron chi connectivity index (χ4n) is 1.27. The Labute approximate surface area is 104 Å². The average molecular weight is 252 g/mol. The van der Waals surface area contributed by atoms with E-state index in [4.69, 9.17) is 16.2 Å². The van der Waals surface area contributed by atoms with Crippen LogP contribution in [0.15, 0.2) is 24.3 Å². The lowest BCUT2D eigenvalue weighted by molar-refractivity contribution is -0.118. The van der Waals surface area contributed by atoms with Gasteiger partial charge in [-0.2, -0.15) is 0 Å². The summed E-state index contributed by atoms with van der Waals surface area (Å²) in [7, 11) is 1.47. The van der Waals surface area contributed by atoms with Gasteiger partial charge >= 0.3 is 6.03 Å². The predicted octanol–water partition coefficient (Wildman–Crippen LogP) is 0.0894. The number of carbonyl (C=O) groups excluding carboxylic acids is 2. The summed E-state index contributed by atoms with van der Waals surface area (Å²) in [4.78, 5) is 22.2. The van der Waals surface area contributed by atoms with Gasteiger partial charge in [0.15, 0.2) is 0 Å². The number of carbonyl (C=O) groups is 2. The second-order valence-corrected chi connectivity index (χ2v) is 3.62. The second-order valence-electron chi connectivity index (χ2n) is 3.62. The number of rotatable bonds is 5. The summed E-state index contributed by atoms with van der Waals surface area (Å²) in [6, 6.07) is 5.11. The molecule has 0 fully saturated rings. The first kappa shape index (κ1) is 13.9. The molecule has 0 aliphatic rings. The molecule has 7 nitrogen and oxygen atoms in total. The molecular formula is C11H16N4O3. The minimum Gasteiger partial charge on any atom is -0.383 e. The van der Waals surface area contributed by atoms with Crippen LogP contribution in [0.1, 0.15) is 0 Å². The third kappa shape index (κ3) is 4.40. The van der Waals surface area contributed by atoms with Gasteiger partial charge in [-0.25, -0.2) is 4.79 Å². The van der Waals surface area contributed by atoms with Gasteiger partial charge in [0.25, 0.3) is 0 Å². The van der Waals surface area contributed by atoms with Crippen LogP contribution in [0.4, 0.5) is 16.2 Å². The number of hydrogen-bond acceptors (Lipinski definition) is 4. The number of primary amides is 1. The number of urea groups is 1. The lowest BCUT2D eigenvalue weighted by Crippen LogP contribution is -2.39. The highest BCUT2D eigenvalue weighted by Crippen LogP contribution is 2.13. The van der Waals surface area contributed by atoms with Crippen molar-refractivity contribution in [3.05, 3.63) is 24.3 Å². The lowest BCUT2D eigenvalue weighted by Gasteiger charge is -2.11. The van der Waals surface area contributed by atoms with Gasteiger partial charge in [0.2, 0.25) is 5.91 Å². The summed E-state index contributed by atoms with van der Waals surface area (Å²) < 4.78 is 4.78. The summed E-state index contributed by atoms with van der Waals surface area (Å²) in [5.74, 6) is -0.340. The number of amides is 3. The number of anilines is 2. The Bertz CT molecular complexity index is 419. The van der Waals surface area contributed by atoms with Gasteiger partial charge < -0.3 is 26.8 Å². The van der Waals surface area contributed by atoms with Crippen LogP contribution in [0.2, 0.25) is 0 Å². The Balaban J connectivity index is 2.58. The molecule has 1 aromatic carbocycles. The maximum atomic E-state index is 11.6. The summed E-state index contributed by atoms with van der Waals surface area (Å²) in [5.41, 5.74) is 11.6.